The van der Waals surface area contributed by atoms with E-state index in [-0.39, 0.29) is 0 Å². The topological polar surface area (TPSA) is 68.5 Å². The molecule has 7 heteroatoms. The molecule has 1 rings (SSSR count). The van der Waals surface area contributed by atoms with Gasteiger partial charge in [-0.2, -0.15) is 10.2 Å². The minimum absolute atomic E-state index is 0.299. The summed E-state index contributed by atoms with van der Waals surface area (Å²) in [6.07, 6.45) is 0.875. The summed E-state index contributed by atoms with van der Waals surface area (Å²) in [6, 6.07) is 0. The zero-order chi connectivity index (χ0) is 14.4. The molecule has 0 aliphatic carbocycles. The number of carbonyl (C=O) groups excluding carboxylic acids is 1. The Hall–Kier alpha value is -1.56. The molecule has 1 amide bonds. The average Bonchev–Trinajstić information content (AvgIpc) is 2.56. The molecule has 0 unspecified atom stereocenters. The smallest absolute Gasteiger partial charge is 0.427 e. The van der Waals surface area contributed by atoms with Gasteiger partial charge in [0.2, 0.25) is 0 Å². The Morgan fingerprint density at radius 2 is 2.32 bits per heavy atom. The molecule has 0 aliphatic heterocycles. The van der Waals surface area contributed by atoms with E-state index >= 15 is 0 Å². The Bertz CT molecular complexity index is 469. The van der Waals surface area contributed by atoms with Crippen molar-refractivity contribution >= 4 is 23.9 Å². The zero-order valence-corrected chi connectivity index (χ0v) is 12.4. The van der Waals surface area contributed by atoms with Gasteiger partial charge in [0, 0.05) is 6.54 Å². The molecule has 106 valence electrons. The number of hydrogen-bond donors (Lipinski definition) is 1. The summed E-state index contributed by atoms with van der Waals surface area (Å²) in [6.45, 7) is 8.77. The normalized spacial score (nSPS) is 11.3. The van der Waals surface area contributed by atoms with Gasteiger partial charge in [-0.25, -0.2) is 10.2 Å². The van der Waals surface area contributed by atoms with Crippen LogP contribution >= 0.6 is 11.6 Å². The first-order chi connectivity index (χ1) is 8.95. The van der Waals surface area contributed by atoms with Gasteiger partial charge in [0.05, 0.1) is 24.1 Å². The SMILES string of the molecule is CCOC(=O)N/N=C\c1c(C)nn(CC(C)C)c1Cl. The van der Waals surface area contributed by atoms with Crippen LogP contribution in [0.3, 0.4) is 0 Å². The molecule has 0 aliphatic rings. The Balaban J connectivity index is 2.75. The van der Waals surface area contributed by atoms with Gasteiger partial charge in [-0.3, -0.25) is 4.68 Å². The van der Waals surface area contributed by atoms with Gasteiger partial charge in [0.15, 0.2) is 0 Å². The Labute approximate surface area is 117 Å². The van der Waals surface area contributed by atoms with Crippen LogP contribution < -0.4 is 5.43 Å². The number of aryl methyl sites for hydroxylation is 1. The monoisotopic (exact) mass is 286 g/mol. The third-order valence-electron chi connectivity index (χ3n) is 2.27. The van der Waals surface area contributed by atoms with Crippen LogP contribution in [0.1, 0.15) is 32.0 Å². The van der Waals surface area contributed by atoms with Crippen LogP contribution in [0.4, 0.5) is 4.79 Å². The maximum absolute atomic E-state index is 11.1. The van der Waals surface area contributed by atoms with Gasteiger partial charge in [-0.1, -0.05) is 25.4 Å². The average molecular weight is 287 g/mol. The number of nitrogens with one attached hydrogen (secondary N) is 1. The highest BCUT2D eigenvalue weighted by atomic mass is 35.5. The highest BCUT2D eigenvalue weighted by Crippen LogP contribution is 2.18. The number of nitrogens with zero attached hydrogens (tertiary/aromatic N) is 3. The number of aromatic nitrogens is 2. The van der Waals surface area contributed by atoms with Crippen molar-refractivity contribution in [3.63, 3.8) is 0 Å². The molecule has 1 aromatic heterocycles. The number of hydrogen-bond acceptors (Lipinski definition) is 4. The first-order valence-electron chi connectivity index (χ1n) is 6.14. The molecule has 0 saturated carbocycles. The number of hydrazone groups is 1. The van der Waals surface area contributed by atoms with Crippen LogP contribution in [-0.4, -0.2) is 28.7 Å². The van der Waals surface area contributed by atoms with Crippen molar-refractivity contribution in [2.75, 3.05) is 6.61 Å². The largest absolute Gasteiger partial charge is 0.449 e. The summed E-state index contributed by atoms with van der Waals surface area (Å²) in [4.78, 5) is 11.1. The van der Waals surface area contributed by atoms with Crippen LogP contribution in [0.2, 0.25) is 5.15 Å². The second-order valence-electron chi connectivity index (χ2n) is 4.46. The van der Waals surface area contributed by atoms with E-state index in [1.807, 2.05) is 6.92 Å². The lowest BCUT2D eigenvalue weighted by molar-refractivity contribution is 0.152. The predicted octanol–water partition coefficient (Wildman–Crippen LogP) is 2.58. The van der Waals surface area contributed by atoms with E-state index in [0.717, 1.165) is 12.2 Å². The Kier molecular flexibility index (Phi) is 5.82. The molecule has 0 radical (unpaired) electrons. The quantitative estimate of drug-likeness (QED) is 0.668. The zero-order valence-electron chi connectivity index (χ0n) is 11.6. The maximum atomic E-state index is 11.1. The number of ether oxygens (including phenoxy) is 1. The van der Waals surface area contributed by atoms with Gasteiger partial charge in [0.1, 0.15) is 5.15 Å². The van der Waals surface area contributed by atoms with Crippen LogP contribution in [0.25, 0.3) is 0 Å². The molecular weight excluding hydrogens is 268 g/mol. The lowest BCUT2D eigenvalue weighted by atomic mass is 10.2. The van der Waals surface area contributed by atoms with Crippen LogP contribution in [-0.2, 0) is 11.3 Å². The standard InChI is InChI=1S/C12H19ClN4O2/c1-5-19-12(18)15-14-6-10-9(4)16-17(11(10)13)7-8(2)3/h6,8H,5,7H2,1-4H3,(H,15,18)/b14-6-. The molecule has 0 atom stereocenters. The van der Waals surface area contributed by atoms with Gasteiger partial charge in [0.25, 0.3) is 0 Å². The lowest BCUT2D eigenvalue weighted by Crippen LogP contribution is -2.18. The van der Waals surface area contributed by atoms with E-state index in [1.54, 1.807) is 11.6 Å². The van der Waals surface area contributed by atoms with Crippen molar-refractivity contribution in [2.24, 2.45) is 11.0 Å². The van der Waals surface area contributed by atoms with Crippen molar-refractivity contribution in [2.45, 2.75) is 34.2 Å². The van der Waals surface area contributed by atoms with Gasteiger partial charge < -0.3 is 4.74 Å². The second kappa shape index (κ2) is 7.13. The number of amides is 1. The van der Waals surface area contributed by atoms with Crippen LogP contribution in [0.15, 0.2) is 5.10 Å². The summed E-state index contributed by atoms with van der Waals surface area (Å²) in [5.41, 5.74) is 3.71. The summed E-state index contributed by atoms with van der Waals surface area (Å²) in [5, 5.41) is 8.64. The third-order valence-corrected chi connectivity index (χ3v) is 2.67. The molecule has 0 spiro atoms. The fourth-order valence-corrected chi connectivity index (χ4v) is 1.79. The van der Waals surface area contributed by atoms with Crippen molar-refractivity contribution in [1.82, 2.24) is 15.2 Å². The first-order valence-corrected chi connectivity index (χ1v) is 6.52. The first kappa shape index (κ1) is 15.5. The fourth-order valence-electron chi connectivity index (χ4n) is 1.49. The van der Waals surface area contributed by atoms with Crippen molar-refractivity contribution in [3.8, 4) is 0 Å². The summed E-state index contributed by atoms with van der Waals surface area (Å²) in [7, 11) is 0. The van der Waals surface area contributed by atoms with E-state index in [9.17, 15) is 4.79 Å². The van der Waals surface area contributed by atoms with Gasteiger partial charge in [-0.15, -0.1) is 0 Å². The van der Waals surface area contributed by atoms with Crippen molar-refractivity contribution in [3.05, 3.63) is 16.4 Å². The predicted molar refractivity (Wildman–Crippen MR) is 74.6 cm³/mol. The van der Waals surface area contributed by atoms with E-state index in [4.69, 9.17) is 11.6 Å². The van der Waals surface area contributed by atoms with E-state index in [2.05, 4.69) is 34.2 Å². The summed E-state index contributed by atoms with van der Waals surface area (Å²) < 4.78 is 6.41. The molecule has 1 N–H and O–H groups in total. The molecule has 0 fully saturated rings. The van der Waals surface area contributed by atoms with Crippen molar-refractivity contribution < 1.29 is 9.53 Å². The molecule has 1 heterocycles. The van der Waals surface area contributed by atoms with E-state index < -0.39 is 6.09 Å². The van der Waals surface area contributed by atoms with Gasteiger partial charge >= 0.3 is 6.09 Å². The Morgan fingerprint density at radius 3 is 2.89 bits per heavy atom. The molecule has 0 bridgehead atoms. The van der Waals surface area contributed by atoms with Crippen LogP contribution in [0, 0.1) is 12.8 Å². The second-order valence-corrected chi connectivity index (χ2v) is 4.81. The number of rotatable bonds is 5. The summed E-state index contributed by atoms with van der Waals surface area (Å²) in [5.74, 6) is 0.444. The molecule has 6 nitrogen and oxygen atoms in total. The van der Waals surface area contributed by atoms with E-state index in [1.165, 1.54) is 6.21 Å². The molecule has 0 aromatic carbocycles. The molecular formula is C12H19ClN4O2. The van der Waals surface area contributed by atoms with Crippen molar-refractivity contribution in [1.29, 1.82) is 0 Å². The molecule has 1 aromatic rings. The van der Waals surface area contributed by atoms with Gasteiger partial charge in [-0.05, 0) is 19.8 Å². The third kappa shape index (κ3) is 4.55. The minimum Gasteiger partial charge on any atom is -0.449 e. The Morgan fingerprint density at radius 1 is 1.63 bits per heavy atom. The molecule has 19 heavy (non-hydrogen) atoms. The fraction of sp³-hybridized carbons (Fsp3) is 0.583. The maximum Gasteiger partial charge on any atom is 0.427 e. The molecule has 0 saturated heterocycles. The van der Waals surface area contributed by atoms with Crippen LogP contribution in [0.5, 0.6) is 0 Å². The van der Waals surface area contributed by atoms with E-state index in [0.29, 0.717) is 23.2 Å². The highest BCUT2D eigenvalue weighted by molar-refractivity contribution is 6.32. The number of carbonyl (C=O) groups is 1. The number of halogens is 1. The summed E-state index contributed by atoms with van der Waals surface area (Å²) >= 11 is 6.22. The lowest BCUT2D eigenvalue weighted by Gasteiger charge is -2.05. The highest BCUT2D eigenvalue weighted by Gasteiger charge is 2.12. The minimum atomic E-state index is -0.595.